The van der Waals surface area contributed by atoms with Crippen molar-refractivity contribution in [2.45, 2.75) is 32.0 Å². The van der Waals surface area contributed by atoms with Crippen LogP contribution in [0.15, 0.2) is 29.1 Å². The van der Waals surface area contributed by atoms with Gasteiger partial charge in [0.2, 0.25) is 5.95 Å². The molecule has 2 aromatic heterocycles. The molecule has 1 aliphatic rings. The van der Waals surface area contributed by atoms with Crippen molar-refractivity contribution in [2.24, 2.45) is 0 Å². The van der Waals surface area contributed by atoms with Gasteiger partial charge in [0.15, 0.2) is 0 Å². The number of nitrogens with two attached hydrogens (primary N) is 1. The predicted molar refractivity (Wildman–Crippen MR) is 73.0 cm³/mol. The van der Waals surface area contributed by atoms with Crippen LogP contribution >= 0.6 is 11.3 Å². The molecule has 0 saturated heterocycles. The number of hydrogen-bond acceptors (Lipinski definition) is 5. The highest BCUT2D eigenvalue weighted by Crippen LogP contribution is 2.29. The van der Waals surface area contributed by atoms with E-state index in [0.717, 1.165) is 18.8 Å². The van der Waals surface area contributed by atoms with E-state index in [1.807, 2.05) is 6.07 Å². The smallest absolute Gasteiger partial charge is 0.220 e. The lowest BCUT2D eigenvalue weighted by Gasteiger charge is -2.21. The minimum absolute atomic E-state index is 0.360. The number of thiophene rings is 1. The summed E-state index contributed by atoms with van der Waals surface area (Å²) in [4.78, 5) is 10.7. The summed E-state index contributed by atoms with van der Waals surface area (Å²) in [7, 11) is 0. The summed E-state index contributed by atoms with van der Waals surface area (Å²) in [5.41, 5.74) is 8.01. The Kier molecular flexibility index (Phi) is 3.25. The Morgan fingerprint density at radius 2 is 2.22 bits per heavy atom. The van der Waals surface area contributed by atoms with Crippen molar-refractivity contribution in [1.82, 2.24) is 14.9 Å². The Hall–Kier alpha value is -1.46. The molecule has 1 aliphatic carbocycles. The Bertz CT molecular complexity index is 507. The van der Waals surface area contributed by atoms with Crippen molar-refractivity contribution >= 4 is 17.3 Å². The molecular weight excluding hydrogens is 244 g/mol. The Morgan fingerprint density at radius 1 is 1.33 bits per heavy atom. The summed E-state index contributed by atoms with van der Waals surface area (Å²) in [6.07, 6.45) is 4.32. The van der Waals surface area contributed by atoms with E-state index >= 15 is 0 Å². The monoisotopic (exact) mass is 260 g/mol. The van der Waals surface area contributed by atoms with Gasteiger partial charge in [-0.15, -0.1) is 0 Å². The van der Waals surface area contributed by atoms with Crippen molar-refractivity contribution in [1.29, 1.82) is 0 Å². The topological polar surface area (TPSA) is 55.0 Å². The van der Waals surface area contributed by atoms with Crippen LogP contribution < -0.4 is 5.73 Å². The lowest BCUT2D eigenvalue weighted by molar-refractivity contribution is 0.243. The fourth-order valence-electron chi connectivity index (χ4n) is 2.08. The van der Waals surface area contributed by atoms with Gasteiger partial charge in [-0.3, -0.25) is 4.90 Å². The second-order valence-electron chi connectivity index (χ2n) is 4.67. The van der Waals surface area contributed by atoms with Crippen LogP contribution in [0.2, 0.25) is 0 Å². The van der Waals surface area contributed by atoms with E-state index in [2.05, 4.69) is 31.7 Å². The molecule has 0 bridgehead atoms. The second kappa shape index (κ2) is 5.04. The number of nitrogen functional groups attached to an aromatic ring is 1. The fourth-order valence-corrected chi connectivity index (χ4v) is 2.74. The van der Waals surface area contributed by atoms with Crippen LogP contribution in [0.3, 0.4) is 0 Å². The van der Waals surface area contributed by atoms with Crippen molar-refractivity contribution in [3.8, 4) is 0 Å². The first-order valence-electron chi connectivity index (χ1n) is 6.14. The van der Waals surface area contributed by atoms with E-state index < -0.39 is 0 Å². The predicted octanol–water partition coefficient (Wildman–Crippen LogP) is 2.28. The lowest BCUT2D eigenvalue weighted by Crippen LogP contribution is -2.25. The first-order valence-corrected chi connectivity index (χ1v) is 7.08. The van der Waals surface area contributed by atoms with Gasteiger partial charge in [-0.1, -0.05) is 0 Å². The number of hydrogen-bond donors (Lipinski definition) is 1. The first kappa shape index (κ1) is 11.6. The maximum Gasteiger partial charge on any atom is 0.220 e. The summed E-state index contributed by atoms with van der Waals surface area (Å²) in [5, 5.41) is 4.34. The molecule has 3 rings (SSSR count). The van der Waals surface area contributed by atoms with Crippen molar-refractivity contribution in [2.75, 3.05) is 5.73 Å². The number of nitrogens with zero attached hydrogens (tertiary/aromatic N) is 3. The van der Waals surface area contributed by atoms with Crippen LogP contribution in [0.1, 0.15) is 24.1 Å². The maximum atomic E-state index is 5.62. The zero-order valence-electron chi connectivity index (χ0n) is 10.1. The van der Waals surface area contributed by atoms with Gasteiger partial charge >= 0.3 is 0 Å². The molecule has 1 fully saturated rings. The molecule has 0 unspecified atom stereocenters. The Morgan fingerprint density at radius 3 is 2.89 bits per heavy atom. The summed E-state index contributed by atoms with van der Waals surface area (Å²) in [5.74, 6) is 0.360. The summed E-state index contributed by atoms with van der Waals surface area (Å²) in [6, 6.07) is 4.84. The SMILES string of the molecule is Nc1nccc(CN(Cc2ccsc2)C2CC2)n1. The molecule has 94 valence electrons. The maximum absolute atomic E-state index is 5.62. The quantitative estimate of drug-likeness (QED) is 0.896. The average Bonchev–Trinajstić information content (AvgIpc) is 3.08. The van der Waals surface area contributed by atoms with E-state index in [1.165, 1.54) is 18.4 Å². The Balaban J connectivity index is 1.70. The third-order valence-electron chi connectivity index (χ3n) is 3.13. The van der Waals surface area contributed by atoms with E-state index in [4.69, 9.17) is 5.73 Å². The van der Waals surface area contributed by atoms with Gasteiger partial charge in [-0.05, 0) is 41.3 Å². The minimum atomic E-state index is 0.360. The van der Waals surface area contributed by atoms with Gasteiger partial charge < -0.3 is 5.73 Å². The molecular formula is C13H16N4S. The molecule has 2 aromatic rings. The van der Waals surface area contributed by atoms with Crippen molar-refractivity contribution < 1.29 is 0 Å². The Labute approximate surface area is 110 Å². The van der Waals surface area contributed by atoms with E-state index in [9.17, 15) is 0 Å². The van der Waals surface area contributed by atoms with Gasteiger partial charge in [0.05, 0.1) is 5.69 Å². The lowest BCUT2D eigenvalue weighted by atomic mass is 10.3. The van der Waals surface area contributed by atoms with Crippen LogP contribution in [0.25, 0.3) is 0 Å². The van der Waals surface area contributed by atoms with Gasteiger partial charge in [0.25, 0.3) is 0 Å². The molecule has 0 aliphatic heterocycles. The van der Waals surface area contributed by atoms with E-state index in [1.54, 1.807) is 17.5 Å². The van der Waals surface area contributed by atoms with E-state index in [-0.39, 0.29) is 0 Å². The van der Waals surface area contributed by atoms with Gasteiger partial charge in [0.1, 0.15) is 0 Å². The molecule has 5 heteroatoms. The highest BCUT2D eigenvalue weighted by atomic mass is 32.1. The highest BCUT2D eigenvalue weighted by molar-refractivity contribution is 7.07. The van der Waals surface area contributed by atoms with Crippen LogP contribution in [-0.2, 0) is 13.1 Å². The number of anilines is 1. The normalized spacial score (nSPS) is 15.2. The molecule has 1 saturated carbocycles. The fraction of sp³-hybridized carbons (Fsp3) is 0.385. The standard InChI is InChI=1S/C13H16N4S/c14-13-15-5-3-11(16-13)8-17(12-1-2-12)7-10-4-6-18-9-10/h3-6,9,12H,1-2,7-8H2,(H2,14,15,16). The molecule has 2 heterocycles. The average molecular weight is 260 g/mol. The van der Waals surface area contributed by atoms with Crippen molar-refractivity contribution in [3.63, 3.8) is 0 Å². The molecule has 4 nitrogen and oxygen atoms in total. The van der Waals surface area contributed by atoms with Crippen LogP contribution in [0.4, 0.5) is 5.95 Å². The molecule has 2 N–H and O–H groups in total. The molecule has 18 heavy (non-hydrogen) atoms. The molecule has 0 radical (unpaired) electrons. The molecule has 0 amide bonds. The van der Waals surface area contributed by atoms with Crippen molar-refractivity contribution in [3.05, 3.63) is 40.3 Å². The van der Waals surface area contributed by atoms with Crippen LogP contribution in [0.5, 0.6) is 0 Å². The van der Waals surface area contributed by atoms with Gasteiger partial charge in [0, 0.05) is 25.3 Å². The zero-order chi connectivity index (χ0) is 12.4. The molecule has 0 spiro atoms. The molecule has 0 atom stereocenters. The highest BCUT2D eigenvalue weighted by Gasteiger charge is 2.29. The summed E-state index contributed by atoms with van der Waals surface area (Å²) < 4.78 is 0. The number of rotatable bonds is 5. The number of aromatic nitrogens is 2. The summed E-state index contributed by atoms with van der Waals surface area (Å²) >= 11 is 1.75. The first-order chi connectivity index (χ1) is 8.81. The molecule has 0 aromatic carbocycles. The summed E-state index contributed by atoms with van der Waals surface area (Å²) in [6.45, 7) is 1.85. The second-order valence-corrected chi connectivity index (χ2v) is 5.45. The minimum Gasteiger partial charge on any atom is -0.368 e. The third-order valence-corrected chi connectivity index (χ3v) is 3.86. The van der Waals surface area contributed by atoms with Gasteiger partial charge in [-0.2, -0.15) is 11.3 Å². The largest absolute Gasteiger partial charge is 0.368 e. The van der Waals surface area contributed by atoms with Gasteiger partial charge in [-0.25, -0.2) is 9.97 Å². The third kappa shape index (κ3) is 2.86. The van der Waals surface area contributed by atoms with Crippen LogP contribution in [0, 0.1) is 0 Å². The van der Waals surface area contributed by atoms with Crippen LogP contribution in [-0.4, -0.2) is 20.9 Å². The zero-order valence-corrected chi connectivity index (χ0v) is 10.9. The van der Waals surface area contributed by atoms with E-state index in [0.29, 0.717) is 12.0 Å².